The van der Waals surface area contributed by atoms with Crippen molar-refractivity contribution in [3.05, 3.63) is 34.4 Å². The number of alkyl halides is 3. The summed E-state index contributed by atoms with van der Waals surface area (Å²) in [6.07, 6.45) is -4.59. The average Bonchev–Trinajstić information content (AvgIpc) is 2.35. The summed E-state index contributed by atoms with van der Waals surface area (Å²) in [6.45, 7) is 2.61. The zero-order valence-corrected chi connectivity index (χ0v) is 10.8. The molecule has 1 N–H and O–H groups in total. The fourth-order valence-corrected chi connectivity index (χ4v) is 1.81. The van der Waals surface area contributed by atoms with Crippen molar-refractivity contribution < 1.29 is 27.8 Å². The van der Waals surface area contributed by atoms with Crippen LogP contribution < -0.4 is 0 Å². The predicted octanol–water partition coefficient (Wildman–Crippen LogP) is 2.90. The third-order valence-corrected chi connectivity index (χ3v) is 2.91. The number of rotatable bonds is 3. The van der Waals surface area contributed by atoms with E-state index in [1.54, 1.807) is 0 Å². The minimum absolute atomic E-state index is 0.0276. The van der Waals surface area contributed by atoms with Gasteiger partial charge in [-0.1, -0.05) is 13.0 Å². The number of carbonyl (C=O) groups is 1. The minimum Gasteiger partial charge on any atom is -0.465 e. The van der Waals surface area contributed by atoms with Crippen LogP contribution in [-0.2, 0) is 10.9 Å². The Hall–Kier alpha value is -1.56. The molecule has 0 aliphatic heterocycles. The predicted molar refractivity (Wildman–Crippen MR) is 63.0 cm³/mol. The molecule has 1 aromatic rings. The number of methoxy groups -OCH3 is 1. The summed E-state index contributed by atoms with van der Waals surface area (Å²) in [5, 5.41) is 9.03. The Labute approximate surface area is 109 Å². The minimum atomic E-state index is -4.59. The molecule has 0 aliphatic rings. The zero-order chi connectivity index (χ0) is 14.8. The van der Waals surface area contributed by atoms with Crippen molar-refractivity contribution in [2.75, 3.05) is 13.7 Å². The Morgan fingerprint density at radius 1 is 1.42 bits per heavy atom. The van der Waals surface area contributed by atoms with Gasteiger partial charge in [-0.3, -0.25) is 0 Å². The molecule has 0 radical (unpaired) electrons. The van der Waals surface area contributed by atoms with Crippen LogP contribution in [0.4, 0.5) is 13.2 Å². The van der Waals surface area contributed by atoms with E-state index >= 15 is 0 Å². The molecule has 0 saturated carbocycles. The van der Waals surface area contributed by atoms with Gasteiger partial charge < -0.3 is 9.84 Å². The molecular weight excluding hydrogens is 261 g/mol. The van der Waals surface area contributed by atoms with E-state index in [-0.39, 0.29) is 11.1 Å². The SMILES string of the molecule is COC(=O)c1cc(C(F)(F)F)c(C(C)CO)cc1C. The van der Waals surface area contributed by atoms with Gasteiger partial charge in [0.05, 0.1) is 18.2 Å². The van der Waals surface area contributed by atoms with Crippen molar-refractivity contribution in [1.82, 2.24) is 0 Å². The first-order valence-electron chi connectivity index (χ1n) is 5.63. The molecular formula is C13H15F3O3. The van der Waals surface area contributed by atoms with Crippen LogP contribution >= 0.6 is 0 Å². The molecule has 6 heteroatoms. The number of hydrogen-bond acceptors (Lipinski definition) is 3. The van der Waals surface area contributed by atoms with Crippen LogP contribution in [0, 0.1) is 6.92 Å². The molecule has 106 valence electrons. The second kappa shape index (κ2) is 5.61. The van der Waals surface area contributed by atoms with E-state index in [9.17, 15) is 18.0 Å². The number of halogens is 3. The number of aryl methyl sites for hydroxylation is 1. The number of carbonyl (C=O) groups excluding carboxylic acids is 1. The van der Waals surface area contributed by atoms with Gasteiger partial charge in [0.15, 0.2) is 0 Å². The molecule has 1 rings (SSSR count). The third kappa shape index (κ3) is 3.26. The molecule has 0 fully saturated rings. The van der Waals surface area contributed by atoms with Crippen LogP contribution in [0.15, 0.2) is 12.1 Å². The summed E-state index contributed by atoms with van der Waals surface area (Å²) in [5.41, 5.74) is -0.681. The standard InChI is InChI=1S/C13H15F3O3/c1-7-4-9(8(2)6-17)11(13(14,15)16)5-10(7)12(18)19-3/h4-5,8,17H,6H2,1-3H3. The Bertz CT molecular complexity index is 481. The first-order valence-corrected chi connectivity index (χ1v) is 5.63. The van der Waals surface area contributed by atoms with Gasteiger partial charge in [0.2, 0.25) is 0 Å². The third-order valence-electron chi connectivity index (χ3n) is 2.91. The van der Waals surface area contributed by atoms with Gasteiger partial charge in [-0.25, -0.2) is 4.79 Å². The summed E-state index contributed by atoms with van der Waals surface area (Å²) >= 11 is 0. The Balaban J connectivity index is 3.50. The van der Waals surface area contributed by atoms with Crippen molar-refractivity contribution in [2.24, 2.45) is 0 Å². The van der Waals surface area contributed by atoms with Gasteiger partial charge in [0.1, 0.15) is 0 Å². The maximum atomic E-state index is 13.0. The smallest absolute Gasteiger partial charge is 0.416 e. The molecule has 1 unspecified atom stereocenters. The highest BCUT2D eigenvalue weighted by Crippen LogP contribution is 2.37. The highest BCUT2D eigenvalue weighted by Gasteiger charge is 2.35. The molecule has 0 aromatic heterocycles. The van der Waals surface area contributed by atoms with E-state index < -0.39 is 30.2 Å². The molecule has 0 amide bonds. The van der Waals surface area contributed by atoms with E-state index in [0.29, 0.717) is 5.56 Å². The Kier molecular flexibility index (Phi) is 4.57. The molecule has 19 heavy (non-hydrogen) atoms. The van der Waals surface area contributed by atoms with Gasteiger partial charge in [0.25, 0.3) is 0 Å². The average molecular weight is 276 g/mol. The summed E-state index contributed by atoms with van der Waals surface area (Å²) in [6, 6.07) is 2.05. The lowest BCUT2D eigenvalue weighted by Crippen LogP contribution is -2.16. The number of esters is 1. The van der Waals surface area contributed by atoms with Crippen LogP contribution in [0.2, 0.25) is 0 Å². The number of hydrogen-bond donors (Lipinski definition) is 1. The molecule has 0 heterocycles. The molecule has 1 atom stereocenters. The molecule has 0 spiro atoms. The second-order valence-corrected chi connectivity index (χ2v) is 4.33. The van der Waals surface area contributed by atoms with Crippen LogP contribution in [0.5, 0.6) is 0 Å². The Morgan fingerprint density at radius 2 is 2.00 bits per heavy atom. The lowest BCUT2D eigenvalue weighted by Gasteiger charge is -2.19. The van der Waals surface area contributed by atoms with Crippen molar-refractivity contribution in [3.8, 4) is 0 Å². The molecule has 3 nitrogen and oxygen atoms in total. The number of aliphatic hydroxyl groups excluding tert-OH is 1. The Morgan fingerprint density at radius 3 is 2.42 bits per heavy atom. The summed E-state index contributed by atoms with van der Waals surface area (Å²) in [5.74, 6) is -1.48. The summed E-state index contributed by atoms with van der Waals surface area (Å²) < 4.78 is 43.4. The van der Waals surface area contributed by atoms with Crippen molar-refractivity contribution >= 4 is 5.97 Å². The van der Waals surface area contributed by atoms with Crippen LogP contribution in [0.1, 0.15) is 39.9 Å². The van der Waals surface area contributed by atoms with Crippen molar-refractivity contribution in [3.63, 3.8) is 0 Å². The summed E-state index contributed by atoms with van der Waals surface area (Å²) in [7, 11) is 1.11. The normalized spacial score (nSPS) is 13.2. The highest BCUT2D eigenvalue weighted by molar-refractivity contribution is 5.91. The zero-order valence-electron chi connectivity index (χ0n) is 10.8. The first-order chi connectivity index (χ1) is 8.72. The maximum absolute atomic E-state index is 13.0. The quantitative estimate of drug-likeness (QED) is 0.863. The largest absolute Gasteiger partial charge is 0.465 e. The van der Waals surface area contributed by atoms with Gasteiger partial charge in [-0.2, -0.15) is 13.2 Å². The lowest BCUT2D eigenvalue weighted by atomic mass is 9.91. The van der Waals surface area contributed by atoms with Crippen LogP contribution in [0.25, 0.3) is 0 Å². The van der Waals surface area contributed by atoms with E-state index in [1.807, 2.05) is 0 Å². The number of ether oxygens (including phenoxy) is 1. The van der Waals surface area contributed by atoms with Crippen LogP contribution in [-0.4, -0.2) is 24.8 Å². The second-order valence-electron chi connectivity index (χ2n) is 4.33. The highest BCUT2D eigenvalue weighted by atomic mass is 19.4. The first kappa shape index (κ1) is 15.5. The van der Waals surface area contributed by atoms with Gasteiger partial charge in [-0.05, 0) is 24.1 Å². The molecule has 1 aromatic carbocycles. The van der Waals surface area contributed by atoms with E-state index in [0.717, 1.165) is 13.2 Å². The van der Waals surface area contributed by atoms with E-state index in [2.05, 4.69) is 4.74 Å². The van der Waals surface area contributed by atoms with Gasteiger partial charge in [0, 0.05) is 12.5 Å². The maximum Gasteiger partial charge on any atom is 0.416 e. The number of benzene rings is 1. The molecule has 0 aliphatic carbocycles. The van der Waals surface area contributed by atoms with E-state index in [4.69, 9.17) is 5.11 Å². The monoisotopic (exact) mass is 276 g/mol. The van der Waals surface area contributed by atoms with Gasteiger partial charge in [-0.15, -0.1) is 0 Å². The molecule has 0 saturated heterocycles. The van der Waals surface area contributed by atoms with Crippen molar-refractivity contribution in [1.29, 1.82) is 0 Å². The number of aliphatic hydroxyl groups is 1. The topological polar surface area (TPSA) is 46.5 Å². The van der Waals surface area contributed by atoms with Gasteiger partial charge >= 0.3 is 12.1 Å². The fourth-order valence-electron chi connectivity index (χ4n) is 1.81. The fraction of sp³-hybridized carbons (Fsp3) is 0.462. The lowest BCUT2D eigenvalue weighted by molar-refractivity contribution is -0.138. The van der Waals surface area contributed by atoms with Crippen LogP contribution in [0.3, 0.4) is 0 Å². The van der Waals surface area contributed by atoms with Crippen molar-refractivity contribution in [2.45, 2.75) is 25.9 Å². The molecule has 0 bridgehead atoms. The summed E-state index contributed by atoms with van der Waals surface area (Å²) in [4.78, 5) is 11.4. The van der Waals surface area contributed by atoms with E-state index in [1.165, 1.54) is 19.9 Å².